The Morgan fingerprint density at radius 1 is 1.06 bits per heavy atom. The van der Waals surface area contributed by atoms with Gasteiger partial charge in [0.25, 0.3) is 0 Å². The van der Waals surface area contributed by atoms with Gasteiger partial charge >= 0.3 is 0 Å². The first-order valence-corrected chi connectivity index (χ1v) is 10.8. The number of benzene rings is 2. The van der Waals surface area contributed by atoms with Crippen molar-refractivity contribution in [2.24, 2.45) is 0 Å². The normalized spacial score (nSPS) is 14.4. The van der Waals surface area contributed by atoms with Gasteiger partial charge in [0.05, 0.1) is 18.4 Å². The Balaban J connectivity index is 1.31. The van der Waals surface area contributed by atoms with Crippen LogP contribution >= 0.6 is 0 Å². The Labute approximate surface area is 184 Å². The fraction of sp³-hybridized carbons (Fsp3) is 0.308. The van der Waals surface area contributed by atoms with Crippen molar-refractivity contribution < 1.29 is 4.79 Å². The number of carbonyl (C=O) groups excluding carboxylic acids is 1. The number of hydrogen-bond donors (Lipinski definition) is 1. The van der Waals surface area contributed by atoms with Crippen LogP contribution in [0.25, 0.3) is 11.3 Å². The smallest absolute Gasteiger partial charge is 0.234 e. The molecule has 2 aromatic carbocycles. The van der Waals surface area contributed by atoms with Crippen LogP contribution in [0, 0.1) is 20.8 Å². The SMILES string of the molecule is Cc1ccc(CNC(=O)CN2CC=C(c3cnn(-c4ccc(C)c(C)c4)c3)CC2)cc1. The first-order chi connectivity index (χ1) is 15.0. The van der Waals surface area contributed by atoms with E-state index in [4.69, 9.17) is 0 Å². The first kappa shape index (κ1) is 21.1. The topological polar surface area (TPSA) is 50.2 Å². The second-order valence-corrected chi connectivity index (χ2v) is 8.42. The molecule has 1 aliphatic rings. The molecule has 0 atom stereocenters. The van der Waals surface area contributed by atoms with Crippen LogP contribution in [-0.4, -0.2) is 40.2 Å². The van der Waals surface area contributed by atoms with Gasteiger partial charge in [-0.15, -0.1) is 0 Å². The number of amides is 1. The van der Waals surface area contributed by atoms with Gasteiger partial charge in [-0.2, -0.15) is 5.10 Å². The van der Waals surface area contributed by atoms with Crippen LogP contribution in [0.15, 0.2) is 60.9 Å². The molecule has 1 N–H and O–H groups in total. The van der Waals surface area contributed by atoms with E-state index in [1.807, 2.05) is 10.9 Å². The van der Waals surface area contributed by atoms with Gasteiger partial charge in [0, 0.05) is 31.4 Å². The first-order valence-electron chi connectivity index (χ1n) is 10.8. The molecule has 160 valence electrons. The number of rotatable bonds is 6. The summed E-state index contributed by atoms with van der Waals surface area (Å²) < 4.78 is 1.94. The third-order valence-corrected chi connectivity index (χ3v) is 5.98. The van der Waals surface area contributed by atoms with E-state index in [9.17, 15) is 4.79 Å². The van der Waals surface area contributed by atoms with Crippen LogP contribution in [0.5, 0.6) is 0 Å². The Bertz CT molecular complexity index is 1090. The molecule has 0 saturated heterocycles. The lowest BCUT2D eigenvalue weighted by Gasteiger charge is -2.25. The van der Waals surface area contributed by atoms with Crippen LogP contribution in [0.1, 0.15) is 34.2 Å². The van der Waals surface area contributed by atoms with Gasteiger partial charge in [0.1, 0.15) is 0 Å². The minimum absolute atomic E-state index is 0.0694. The number of nitrogens with one attached hydrogen (secondary N) is 1. The number of carbonyl (C=O) groups is 1. The molecule has 0 spiro atoms. The van der Waals surface area contributed by atoms with Crippen LogP contribution in [0.4, 0.5) is 0 Å². The number of nitrogens with zero attached hydrogens (tertiary/aromatic N) is 3. The predicted molar refractivity (Wildman–Crippen MR) is 125 cm³/mol. The van der Waals surface area contributed by atoms with Crippen LogP contribution in [-0.2, 0) is 11.3 Å². The van der Waals surface area contributed by atoms with E-state index >= 15 is 0 Å². The summed E-state index contributed by atoms with van der Waals surface area (Å²) in [5.74, 6) is 0.0694. The molecule has 5 heteroatoms. The molecule has 4 rings (SSSR count). The Hall–Kier alpha value is -3.18. The Morgan fingerprint density at radius 3 is 2.58 bits per heavy atom. The second-order valence-electron chi connectivity index (χ2n) is 8.42. The predicted octanol–water partition coefficient (Wildman–Crippen LogP) is 4.20. The summed E-state index contributed by atoms with van der Waals surface area (Å²) >= 11 is 0. The number of hydrogen-bond acceptors (Lipinski definition) is 3. The standard InChI is InChI=1S/C26H30N4O/c1-19-4-7-22(8-5-19)15-27-26(31)18-29-12-10-23(11-13-29)24-16-28-30(17-24)25-9-6-20(2)21(3)14-25/h4-10,14,16-17H,11-13,15,18H2,1-3H3,(H,27,31). The zero-order chi connectivity index (χ0) is 21.8. The highest BCUT2D eigenvalue weighted by atomic mass is 16.2. The minimum atomic E-state index is 0.0694. The zero-order valence-electron chi connectivity index (χ0n) is 18.6. The lowest BCUT2D eigenvalue weighted by molar-refractivity contribution is -0.122. The van der Waals surface area contributed by atoms with Gasteiger partial charge in [0.15, 0.2) is 0 Å². The summed E-state index contributed by atoms with van der Waals surface area (Å²) in [6.07, 6.45) is 7.17. The Morgan fingerprint density at radius 2 is 1.87 bits per heavy atom. The maximum atomic E-state index is 12.3. The van der Waals surface area contributed by atoms with E-state index in [0.717, 1.165) is 36.3 Å². The molecule has 1 amide bonds. The third kappa shape index (κ3) is 5.30. The molecule has 0 bridgehead atoms. The Kier molecular flexibility index (Phi) is 6.33. The molecule has 0 unspecified atom stereocenters. The minimum Gasteiger partial charge on any atom is -0.351 e. The lowest BCUT2D eigenvalue weighted by Crippen LogP contribution is -2.39. The monoisotopic (exact) mass is 414 g/mol. The van der Waals surface area contributed by atoms with Crippen LogP contribution < -0.4 is 5.32 Å². The summed E-state index contributed by atoms with van der Waals surface area (Å²) in [5, 5.41) is 7.58. The molecule has 5 nitrogen and oxygen atoms in total. The summed E-state index contributed by atoms with van der Waals surface area (Å²) in [6, 6.07) is 14.7. The van der Waals surface area contributed by atoms with Crippen molar-refractivity contribution in [1.82, 2.24) is 20.0 Å². The molecule has 0 fully saturated rings. The van der Waals surface area contributed by atoms with Gasteiger partial charge in [-0.05, 0) is 61.6 Å². The summed E-state index contributed by atoms with van der Waals surface area (Å²) in [7, 11) is 0. The van der Waals surface area contributed by atoms with Crippen molar-refractivity contribution >= 4 is 11.5 Å². The van der Waals surface area contributed by atoms with E-state index in [1.54, 1.807) is 0 Å². The fourth-order valence-electron chi connectivity index (χ4n) is 3.78. The lowest BCUT2D eigenvalue weighted by atomic mass is 10.0. The maximum Gasteiger partial charge on any atom is 0.234 e. The van der Waals surface area contributed by atoms with Crippen molar-refractivity contribution in [2.75, 3.05) is 19.6 Å². The summed E-state index contributed by atoms with van der Waals surface area (Å²) in [6.45, 7) is 8.96. The highest BCUT2D eigenvalue weighted by Crippen LogP contribution is 2.23. The van der Waals surface area contributed by atoms with Gasteiger partial charge in [-0.25, -0.2) is 4.68 Å². The number of aromatic nitrogens is 2. The molecular weight excluding hydrogens is 384 g/mol. The van der Waals surface area contributed by atoms with Crippen molar-refractivity contribution in [2.45, 2.75) is 33.7 Å². The summed E-state index contributed by atoms with van der Waals surface area (Å²) in [5.41, 5.74) is 8.44. The van der Waals surface area contributed by atoms with Gasteiger partial charge < -0.3 is 5.32 Å². The quantitative estimate of drug-likeness (QED) is 0.658. The average molecular weight is 415 g/mol. The fourth-order valence-corrected chi connectivity index (χ4v) is 3.78. The van der Waals surface area contributed by atoms with E-state index in [-0.39, 0.29) is 5.91 Å². The van der Waals surface area contributed by atoms with Gasteiger partial charge in [-0.1, -0.05) is 42.0 Å². The molecule has 31 heavy (non-hydrogen) atoms. The molecule has 3 aromatic rings. The van der Waals surface area contributed by atoms with Gasteiger partial charge in [-0.3, -0.25) is 9.69 Å². The average Bonchev–Trinajstić information content (AvgIpc) is 3.26. The summed E-state index contributed by atoms with van der Waals surface area (Å²) in [4.78, 5) is 14.5. The zero-order valence-corrected chi connectivity index (χ0v) is 18.6. The molecule has 0 radical (unpaired) electrons. The van der Waals surface area contributed by atoms with Crippen molar-refractivity contribution in [3.63, 3.8) is 0 Å². The van der Waals surface area contributed by atoms with Crippen LogP contribution in [0.3, 0.4) is 0 Å². The molecule has 1 aliphatic heterocycles. The maximum absolute atomic E-state index is 12.3. The molecule has 0 aliphatic carbocycles. The third-order valence-electron chi connectivity index (χ3n) is 5.98. The molecule has 2 heterocycles. The van der Waals surface area contributed by atoms with Crippen molar-refractivity contribution in [3.05, 3.63) is 88.8 Å². The number of aryl methyl sites for hydroxylation is 3. The molecular formula is C26H30N4O. The highest BCUT2D eigenvalue weighted by Gasteiger charge is 2.17. The van der Waals surface area contributed by atoms with E-state index in [0.29, 0.717) is 13.1 Å². The van der Waals surface area contributed by atoms with E-state index in [1.165, 1.54) is 22.3 Å². The molecule has 1 aromatic heterocycles. The molecule has 0 saturated carbocycles. The largest absolute Gasteiger partial charge is 0.351 e. The van der Waals surface area contributed by atoms with E-state index < -0.39 is 0 Å². The highest BCUT2D eigenvalue weighted by molar-refractivity contribution is 5.78. The van der Waals surface area contributed by atoms with Crippen LogP contribution in [0.2, 0.25) is 0 Å². The van der Waals surface area contributed by atoms with E-state index in [2.05, 4.69) is 90.8 Å². The second kappa shape index (κ2) is 9.31. The van der Waals surface area contributed by atoms with Crippen molar-refractivity contribution in [3.8, 4) is 5.69 Å². The van der Waals surface area contributed by atoms with Gasteiger partial charge in [0.2, 0.25) is 5.91 Å². The van der Waals surface area contributed by atoms with Crippen molar-refractivity contribution in [1.29, 1.82) is 0 Å².